The molecule has 0 amide bonds. The molecule has 0 N–H and O–H groups in total. The van der Waals surface area contributed by atoms with Crippen molar-refractivity contribution in [2.24, 2.45) is 0 Å². The topological polar surface area (TPSA) is 78.9 Å². The van der Waals surface area contributed by atoms with Gasteiger partial charge in [0.05, 0.1) is 0 Å². The first kappa shape index (κ1) is 23.9. The number of rotatable bonds is 11. The Bertz CT molecular complexity index is 819. The molecule has 0 saturated carbocycles. The van der Waals surface area contributed by atoms with Crippen molar-refractivity contribution in [2.45, 2.75) is 52.9 Å². The predicted molar refractivity (Wildman–Crippen MR) is 111 cm³/mol. The summed E-state index contributed by atoms with van der Waals surface area (Å²) in [6.45, 7) is 16.6. The molecular weight excluding hydrogens is 372 g/mol. The number of hydrogen-bond acceptors (Lipinski definition) is 6. The van der Waals surface area contributed by atoms with Crippen LogP contribution in [0.3, 0.4) is 0 Å². The van der Waals surface area contributed by atoms with Crippen LogP contribution in [0, 0.1) is 0 Å². The van der Waals surface area contributed by atoms with E-state index >= 15 is 0 Å². The van der Waals surface area contributed by atoms with Crippen LogP contribution in [0.25, 0.3) is 0 Å². The highest BCUT2D eigenvalue weighted by molar-refractivity contribution is 5.92. The zero-order valence-electron chi connectivity index (χ0n) is 17.3. The minimum atomic E-state index is -0.670. The summed E-state index contributed by atoms with van der Waals surface area (Å²) >= 11 is 0. The second-order valence-corrected chi connectivity index (χ2v) is 6.44. The molecule has 29 heavy (non-hydrogen) atoms. The third kappa shape index (κ3) is 7.41. The molecule has 0 bridgehead atoms. The van der Waals surface area contributed by atoms with E-state index in [0.29, 0.717) is 30.4 Å². The van der Waals surface area contributed by atoms with Crippen LogP contribution in [0.5, 0.6) is 17.2 Å². The second-order valence-electron chi connectivity index (χ2n) is 6.44. The van der Waals surface area contributed by atoms with E-state index in [9.17, 15) is 14.4 Å². The maximum absolute atomic E-state index is 12.2. The fourth-order valence-corrected chi connectivity index (χ4v) is 2.19. The van der Waals surface area contributed by atoms with E-state index < -0.39 is 17.9 Å². The van der Waals surface area contributed by atoms with Crippen LogP contribution in [-0.4, -0.2) is 17.9 Å². The van der Waals surface area contributed by atoms with Crippen molar-refractivity contribution in [3.8, 4) is 17.2 Å². The molecule has 0 radical (unpaired) electrons. The summed E-state index contributed by atoms with van der Waals surface area (Å²) in [5, 5.41) is 0. The van der Waals surface area contributed by atoms with Crippen molar-refractivity contribution in [1.82, 2.24) is 0 Å². The summed E-state index contributed by atoms with van der Waals surface area (Å²) in [5.41, 5.74) is 0.877. The average molecular weight is 400 g/mol. The number of hydrogen-bond donors (Lipinski definition) is 0. The Morgan fingerprint density at radius 1 is 0.724 bits per heavy atom. The van der Waals surface area contributed by atoms with Gasteiger partial charge in [-0.2, -0.15) is 0 Å². The van der Waals surface area contributed by atoms with E-state index in [1.165, 1.54) is 18.2 Å². The lowest BCUT2D eigenvalue weighted by Gasteiger charge is -2.13. The number of carbonyl (C=O) groups excluding carboxylic acids is 3. The van der Waals surface area contributed by atoms with Crippen molar-refractivity contribution < 1.29 is 28.6 Å². The summed E-state index contributed by atoms with van der Waals surface area (Å²) in [6.07, 6.45) is 2.88. The molecule has 0 spiro atoms. The van der Waals surface area contributed by atoms with Crippen LogP contribution in [-0.2, 0) is 14.4 Å². The van der Waals surface area contributed by atoms with Gasteiger partial charge < -0.3 is 14.2 Å². The van der Waals surface area contributed by atoms with Crippen molar-refractivity contribution in [1.29, 1.82) is 0 Å². The maximum Gasteiger partial charge on any atom is 0.338 e. The van der Waals surface area contributed by atoms with Crippen LogP contribution >= 0.6 is 0 Å². The Morgan fingerprint density at radius 2 is 1.21 bits per heavy atom. The molecule has 0 atom stereocenters. The van der Waals surface area contributed by atoms with Crippen molar-refractivity contribution in [3.63, 3.8) is 0 Å². The monoisotopic (exact) mass is 400 g/mol. The quantitative estimate of drug-likeness (QED) is 0.293. The molecule has 0 fully saturated rings. The molecule has 0 heterocycles. The van der Waals surface area contributed by atoms with Crippen LogP contribution < -0.4 is 14.2 Å². The van der Waals surface area contributed by atoms with Crippen molar-refractivity contribution in [2.75, 3.05) is 0 Å². The van der Waals surface area contributed by atoms with Gasteiger partial charge in [-0.05, 0) is 31.4 Å². The number of benzene rings is 1. The highest BCUT2D eigenvalue weighted by Gasteiger charge is 2.19. The summed E-state index contributed by atoms with van der Waals surface area (Å²) in [5.74, 6) is -1.80. The first-order valence-electron chi connectivity index (χ1n) is 9.57. The third-order valence-corrected chi connectivity index (χ3v) is 3.93. The molecule has 1 rings (SSSR count). The molecule has 1 aromatic carbocycles. The van der Waals surface area contributed by atoms with Gasteiger partial charge in [0, 0.05) is 22.8 Å². The fraction of sp³-hybridized carbons (Fsp3) is 0.348. The number of esters is 3. The van der Waals surface area contributed by atoms with E-state index in [0.717, 1.165) is 12.8 Å². The van der Waals surface area contributed by atoms with Gasteiger partial charge in [-0.25, -0.2) is 14.4 Å². The standard InChI is InChI=1S/C23H28O6/c1-7-10-16(5)22(25)27-18-12-13-19(28-23(26)17(6)11-8-2)20(14-18)29-21(24)15(4)9-3/h12-14H,4-11H2,1-3H3. The Balaban J connectivity index is 3.13. The summed E-state index contributed by atoms with van der Waals surface area (Å²) < 4.78 is 15.9. The highest BCUT2D eigenvalue weighted by atomic mass is 16.6. The average Bonchev–Trinajstić information content (AvgIpc) is 2.69. The maximum atomic E-state index is 12.2. The van der Waals surface area contributed by atoms with Crippen molar-refractivity contribution >= 4 is 17.9 Å². The molecule has 6 nitrogen and oxygen atoms in total. The summed E-state index contributed by atoms with van der Waals surface area (Å²) in [4.78, 5) is 36.4. The van der Waals surface area contributed by atoms with Gasteiger partial charge in [0.2, 0.25) is 0 Å². The van der Waals surface area contributed by atoms with Gasteiger partial charge >= 0.3 is 17.9 Å². The van der Waals surface area contributed by atoms with Gasteiger partial charge in [-0.3, -0.25) is 0 Å². The van der Waals surface area contributed by atoms with Crippen molar-refractivity contribution in [3.05, 3.63) is 54.7 Å². The second kappa shape index (κ2) is 11.6. The zero-order chi connectivity index (χ0) is 22.0. The first-order valence-corrected chi connectivity index (χ1v) is 9.57. The lowest BCUT2D eigenvalue weighted by molar-refractivity contribution is -0.133. The van der Waals surface area contributed by atoms with Crippen LogP contribution in [0.4, 0.5) is 0 Å². The highest BCUT2D eigenvalue weighted by Crippen LogP contribution is 2.33. The lowest BCUT2D eigenvalue weighted by Crippen LogP contribution is -2.15. The molecule has 0 aromatic heterocycles. The van der Waals surface area contributed by atoms with E-state index in [2.05, 4.69) is 19.7 Å². The SMILES string of the molecule is C=C(CCC)C(=O)Oc1ccc(OC(=O)C(=C)CCC)c(OC(=O)C(=C)CC)c1. The third-order valence-electron chi connectivity index (χ3n) is 3.93. The van der Waals surface area contributed by atoms with Gasteiger partial charge in [0.1, 0.15) is 5.75 Å². The van der Waals surface area contributed by atoms with Crippen LogP contribution in [0.2, 0.25) is 0 Å². The van der Waals surface area contributed by atoms with Gasteiger partial charge in [-0.1, -0.05) is 53.3 Å². The largest absolute Gasteiger partial charge is 0.423 e. The van der Waals surface area contributed by atoms with Gasteiger partial charge in [-0.15, -0.1) is 0 Å². The fourth-order valence-electron chi connectivity index (χ4n) is 2.19. The van der Waals surface area contributed by atoms with E-state index in [4.69, 9.17) is 14.2 Å². The molecule has 0 aliphatic carbocycles. The van der Waals surface area contributed by atoms with E-state index in [1.807, 2.05) is 13.8 Å². The number of ether oxygens (including phenoxy) is 3. The van der Waals surface area contributed by atoms with Crippen LogP contribution in [0.15, 0.2) is 54.7 Å². The zero-order valence-corrected chi connectivity index (χ0v) is 17.3. The minimum absolute atomic E-state index is 0.0108. The van der Waals surface area contributed by atoms with Crippen LogP contribution in [0.1, 0.15) is 52.9 Å². The first-order chi connectivity index (χ1) is 13.7. The molecule has 0 aliphatic rings. The molecule has 6 heteroatoms. The van der Waals surface area contributed by atoms with Gasteiger partial charge in [0.15, 0.2) is 11.5 Å². The molecule has 0 saturated heterocycles. The molecule has 0 unspecified atom stereocenters. The Hall–Kier alpha value is -3.15. The lowest BCUT2D eigenvalue weighted by atomic mass is 10.2. The Kier molecular flexibility index (Phi) is 9.59. The summed E-state index contributed by atoms with van der Waals surface area (Å²) in [7, 11) is 0. The molecular formula is C23H28O6. The smallest absolute Gasteiger partial charge is 0.338 e. The molecule has 0 aliphatic heterocycles. The molecule has 156 valence electrons. The van der Waals surface area contributed by atoms with Gasteiger partial charge in [0.25, 0.3) is 0 Å². The molecule has 1 aromatic rings. The summed E-state index contributed by atoms with van der Waals surface area (Å²) in [6, 6.07) is 4.14. The number of carbonyl (C=O) groups is 3. The Labute approximate surface area is 171 Å². The Morgan fingerprint density at radius 3 is 1.72 bits per heavy atom. The van der Waals surface area contributed by atoms with E-state index in [-0.39, 0.29) is 22.8 Å². The van der Waals surface area contributed by atoms with E-state index in [1.54, 1.807) is 6.92 Å². The normalized spacial score (nSPS) is 10.0. The minimum Gasteiger partial charge on any atom is -0.423 e. The predicted octanol–water partition coefficient (Wildman–Crippen LogP) is 5.08.